The first-order chi connectivity index (χ1) is 4.75. The lowest BCUT2D eigenvalue weighted by Gasteiger charge is -2.28. The number of carboxylic acid groups (broad SMARTS) is 1. The van der Waals surface area contributed by atoms with E-state index >= 15 is 0 Å². The van der Waals surface area contributed by atoms with Crippen LogP contribution in [0.3, 0.4) is 0 Å². The van der Waals surface area contributed by atoms with Crippen LogP contribution in [0.4, 0.5) is 0 Å². The third kappa shape index (κ3) is 2.12. The highest BCUT2D eigenvalue weighted by atomic mass is 35.6. The van der Waals surface area contributed by atoms with Crippen molar-refractivity contribution in [3.05, 3.63) is 0 Å². The Hall–Kier alpha value is 0.300. The molecular formula is C5H7Cl3O3. The monoisotopic (exact) mass is 220 g/mol. The second-order valence-electron chi connectivity index (χ2n) is 2.02. The normalized spacial score (nSPS) is 17.5. The van der Waals surface area contributed by atoms with E-state index in [0.29, 0.717) is 0 Å². The summed E-state index contributed by atoms with van der Waals surface area (Å²) >= 11 is 15.7. The lowest BCUT2D eigenvalue weighted by Crippen LogP contribution is -2.49. The predicted molar refractivity (Wildman–Crippen MR) is 43.2 cm³/mol. The van der Waals surface area contributed by atoms with Gasteiger partial charge in [-0.3, -0.25) is 0 Å². The molecule has 0 saturated carbocycles. The first kappa shape index (κ1) is 11.3. The third-order valence-electron chi connectivity index (χ3n) is 1.33. The molecule has 0 aliphatic rings. The van der Waals surface area contributed by atoms with Gasteiger partial charge >= 0.3 is 5.97 Å². The minimum Gasteiger partial charge on any atom is -0.479 e. The van der Waals surface area contributed by atoms with E-state index in [1.165, 1.54) is 6.92 Å². The molecule has 1 atom stereocenters. The van der Waals surface area contributed by atoms with Crippen LogP contribution in [0.5, 0.6) is 0 Å². The first-order valence-electron chi connectivity index (χ1n) is 2.78. The van der Waals surface area contributed by atoms with Crippen molar-refractivity contribution in [3.63, 3.8) is 0 Å². The van der Waals surface area contributed by atoms with Crippen molar-refractivity contribution in [3.8, 4) is 0 Å². The topological polar surface area (TPSA) is 57.5 Å². The van der Waals surface area contributed by atoms with Gasteiger partial charge in [0, 0.05) is 0 Å². The van der Waals surface area contributed by atoms with Crippen molar-refractivity contribution in [2.24, 2.45) is 0 Å². The van der Waals surface area contributed by atoms with Crippen molar-refractivity contribution in [2.75, 3.05) is 0 Å². The number of hydrogen-bond acceptors (Lipinski definition) is 2. The number of aliphatic carboxylic acids is 1. The number of aliphatic hydroxyl groups is 1. The molecule has 0 amide bonds. The summed E-state index contributed by atoms with van der Waals surface area (Å²) in [5.74, 6) is -1.54. The average Bonchev–Trinajstić information content (AvgIpc) is 1.83. The summed E-state index contributed by atoms with van der Waals surface area (Å²) in [7, 11) is 0. The van der Waals surface area contributed by atoms with Crippen molar-refractivity contribution in [1.82, 2.24) is 0 Å². The number of carboxylic acids is 1. The molecule has 0 aliphatic heterocycles. The zero-order valence-electron chi connectivity index (χ0n) is 5.64. The minimum atomic E-state index is -2.31. The van der Waals surface area contributed by atoms with Crippen LogP contribution in [-0.4, -0.2) is 25.6 Å². The number of alkyl halides is 3. The van der Waals surface area contributed by atoms with Gasteiger partial charge < -0.3 is 10.2 Å². The Bertz CT molecular complexity index is 165. The maximum absolute atomic E-state index is 10.4. The fourth-order valence-corrected chi connectivity index (χ4v) is 1.12. The van der Waals surface area contributed by atoms with Crippen molar-refractivity contribution < 1.29 is 15.0 Å². The zero-order chi connectivity index (χ0) is 9.28. The lowest BCUT2D eigenvalue weighted by atomic mass is 10.0. The van der Waals surface area contributed by atoms with Crippen LogP contribution in [-0.2, 0) is 4.79 Å². The lowest BCUT2D eigenvalue weighted by molar-refractivity contribution is -0.158. The molecule has 0 aliphatic carbocycles. The molecule has 6 heteroatoms. The number of hydrogen-bond donors (Lipinski definition) is 2. The first-order valence-corrected chi connectivity index (χ1v) is 3.91. The van der Waals surface area contributed by atoms with Gasteiger partial charge in [0.1, 0.15) is 0 Å². The van der Waals surface area contributed by atoms with E-state index in [2.05, 4.69) is 0 Å². The molecular weight excluding hydrogens is 214 g/mol. The molecule has 0 bridgehead atoms. The van der Waals surface area contributed by atoms with Crippen LogP contribution in [0.2, 0.25) is 0 Å². The SMILES string of the molecule is CCC(O)(C(=O)O)C(Cl)(Cl)Cl. The fourth-order valence-electron chi connectivity index (χ4n) is 0.473. The molecule has 0 saturated heterocycles. The van der Waals surface area contributed by atoms with E-state index in [1.54, 1.807) is 0 Å². The maximum atomic E-state index is 10.4. The molecule has 0 spiro atoms. The van der Waals surface area contributed by atoms with Gasteiger partial charge in [-0.25, -0.2) is 4.79 Å². The molecule has 1 unspecified atom stereocenters. The molecule has 0 aromatic rings. The van der Waals surface area contributed by atoms with Crippen LogP contribution in [0, 0.1) is 0 Å². The second-order valence-corrected chi connectivity index (χ2v) is 4.30. The molecule has 11 heavy (non-hydrogen) atoms. The Balaban J connectivity index is 4.75. The van der Waals surface area contributed by atoms with Crippen LogP contribution in [0.1, 0.15) is 13.3 Å². The van der Waals surface area contributed by atoms with Gasteiger partial charge in [-0.15, -0.1) is 0 Å². The molecule has 0 radical (unpaired) electrons. The van der Waals surface area contributed by atoms with E-state index < -0.39 is 15.4 Å². The average molecular weight is 221 g/mol. The van der Waals surface area contributed by atoms with E-state index in [1.807, 2.05) is 0 Å². The van der Waals surface area contributed by atoms with E-state index in [4.69, 9.17) is 39.9 Å². The Morgan fingerprint density at radius 1 is 1.45 bits per heavy atom. The Morgan fingerprint density at radius 3 is 1.82 bits per heavy atom. The van der Waals surface area contributed by atoms with Gasteiger partial charge in [-0.1, -0.05) is 41.7 Å². The van der Waals surface area contributed by atoms with Crippen LogP contribution >= 0.6 is 34.8 Å². The number of carbonyl (C=O) groups is 1. The number of rotatable bonds is 2. The Morgan fingerprint density at radius 2 is 1.82 bits per heavy atom. The molecule has 0 fully saturated rings. The third-order valence-corrected chi connectivity index (χ3v) is 2.27. The summed E-state index contributed by atoms with van der Waals surface area (Å²) in [5.41, 5.74) is -2.31. The molecule has 0 rings (SSSR count). The van der Waals surface area contributed by atoms with Gasteiger partial charge in [0.2, 0.25) is 9.39 Å². The van der Waals surface area contributed by atoms with Gasteiger partial charge in [-0.2, -0.15) is 0 Å². The quantitative estimate of drug-likeness (QED) is 0.696. The minimum absolute atomic E-state index is 0.168. The van der Waals surface area contributed by atoms with Crippen molar-refractivity contribution in [1.29, 1.82) is 0 Å². The molecule has 66 valence electrons. The van der Waals surface area contributed by atoms with Crippen LogP contribution in [0.15, 0.2) is 0 Å². The zero-order valence-corrected chi connectivity index (χ0v) is 7.91. The van der Waals surface area contributed by atoms with Crippen molar-refractivity contribution >= 4 is 40.8 Å². The maximum Gasteiger partial charge on any atom is 0.340 e. The summed E-state index contributed by atoms with van der Waals surface area (Å²) in [6.07, 6.45) is -0.168. The summed E-state index contributed by atoms with van der Waals surface area (Å²) in [4.78, 5) is 10.4. The van der Waals surface area contributed by atoms with E-state index in [9.17, 15) is 9.90 Å². The molecule has 0 aromatic carbocycles. The van der Waals surface area contributed by atoms with E-state index in [-0.39, 0.29) is 6.42 Å². The van der Waals surface area contributed by atoms with Gasteiger partial charge in [0.25, 0.3) is 0 Å². The smallest absolute Gasteiger partial charge is 0.340 e. The summed E-state index contributed by atoms with van der Waals surface area (Å²) in [6, 6.07) is 0. The molecule has 0 aromatic heterocycles. The predicted octanol–water partition coefficient (Wildman–Crippen LogP) is 1.58. The summed E-state index contributed by atoms with van der Waals surface area (Å²) in [6.45, 7) is 1.41. The van der Waals surface area contributed by atoms with Crippen LogP contribution < -0.4 is 0 Å². The molecule has 2 N–H and O–H groups in total. The van der Waals surface area contributed by atoms with Crippen LogP contribution in [0.25, 0.3) is 0 Å². The van der Waals surface area contributed by atoms with Crippen molar-refractivity contribution in [2.45, 2.75) is 22.7 Å². The highest BCUT2D eigenvalue weighted by Crippen LogP contribution is 2.40. The fraction of sp³-hybridized carbons (Fsp3) is 0.800. The molecule has 3 nitrogen and oxygen atoms in total. The second kappa shape index (κ2) is 3.35. The summed E-state index contributed by atoms with van der Waals surface area (Å²) in [5, 5.41) is 17.7. The van der Waals surface area contributed by atoms with Gasteiger partial charge in [0.05, 0.1) is 0 Å². The Kier molecular flexibility index (Phi) is 3.44. The van der Waals surface area contributed by atoms with E-state index in [0.717, 1.165) is 0 Å². The highest BCUT2D eigenvalue weighted by molar-refractivity contribution is 6.69. The number of halogens is 3. The highest BCUT2D eigenvalue weighted by Gasteiger charge is 2.52. The largest absolute Gasteiger partial charge is 0.479 e. The standard InChI is InChI=1S/C5H7Cl3O3/c1-2-4(11,3(9)10)5(6,7)8/h11H,2H2,1H3,(H,9,10). The van der Waals surface area contributed by atoms with Gasteiger partial charge in [0.15, 0.2) is 0 Å². The Labute approximate surface area is 78.9 Å². The van der Waals surface area contributed by atoms with Gasteiger partial charge in [-0.05, 0) is 6.42 Å². The summed E-state index contributed by atoms with van der Waals surface area (Å²) < 4.78 is -2.20. The molecule has 0 heterocycles.